The van der Waals surface area contributed by atoms with Crippen LogP contribution in [0.1, 0.15) is 12.2 Å². The first-order valence-corrected chi connectivity index (χ1v) is 3.97. The third-order valence-electron chi connectivity index (χ3n) is 1.42. The monoisotopic (exact) mass is 167 g/mol. The maximum absolute atomic E-state index is 8.53. The highest BCUT2D eigenvalue weighted by atomic mass is 16.3. The summed E-state index contributed by atoms with van der Waals surface area (Å²) in [6, 6.07) is 1.81. The fraction of sp³-hybridized carbons (Fsp3) is 0.500. The van der Waals surface area contributed by atoms with Crippen molar-refractivity contribution in [3.8, 4) is 0 Å². The van der Waals surface area contributed by atoms with E-state index in [-0.39, 0.29) is 6.61 Å². The molecule has 0 aliphatic carbocycles. The van der Waals surface area contributed by atoms with Crippen LogP contribution in [0, 0.1) is 6.92 Å². The van der Waals surface area contributed by atoms with Gasteiger partial charge in [0.05, 0.1) is 0 Å². The van der Waals surface area contributed by atoms with Gasteiger partial charge in [-0.1, -0.05) is 0 Å². The topological polar surface area (TPSA) is 58.0 Å². The minimum absolute atomic E-state index is 0.205. The van der Waals surface area contributed by atoms with Gasteiger partial charge in [-0.2, -0.15) is 0 Å². The summed E-state index contributed by atoms with van der Waals surface area (Å²) < 4.78 is 0. The molecule has 0 amide bonds. The summed E-state index contributed by atoms with van der Waals surface area (Å²) in [6.07, 6.45) is 2.45. The van der Waals surface area contributed by atoms with Crippen molar-refractivity contribution >= 4 is 5.82 Å². The molecular weight excluding hydrogens is 154 g/mol. The highest BCUT2D eigenvalue weighted by molar-refractivity contribution is 5.32. The second-order valence-corrected chi connectivity index (χ2v) is 2.49. The molecule has 2 N–H and O–H groups in total. The standard InChI is InChI=1S/C8H13N3O/c1-7-9-5-3-8(11-7)10-4-2-6-12/h3,5,12H,2,4,6H2,1H3,(H,9,10,11). The minimum atomic E-state index is 0.205. The van der Waals surface area contributed by atoms with E-state index in [9.17, 15) is 0 Å². The maximum Gasteiger partial charge on any atom is 0.129 e. The van der Waals surface area contributed by atoms with Gasteiger partial charge in [0.15, 0.2) is 0 Å². The van der Waals surface area contributed by atoms with Crippen LogP contribution < -0.4 is 5.32 Å². The molecule has 1 heterocycles. The van der Waals surface area contributed by atoms with E-state index in [2.05, 4.69) is 15.3 Å². The molecule has 0 aliphatic rings. The van der Waals surface area contributed by atoms with Crippen LogP contribution in [0.3, 0.4) is 0 Å². The predicted molar refractivity (Wildman–Crippen MR) is 47.0 cm³/mol. The van der Waals surface area contributed by atoms with E-state index in [1.54, 1.807) is 6.20 Å². The number of nitrogens with zero attached hydrogens (tertiary/aromatic N) is 2. The Hall–Kier alpha value is -1.16. The molecule has 0 bridgehead atoms. The van der Waals surface area contributed by atoms with Crippen LogP contribution in [0.4, 0.5) is 5.82 Å². The Bertz CT molecular complexity index is 239. The van der Waals surface area contributed by atoms with Crippen molar-refractivity contribution in [2.24, 2.45) is 0 Å². The van der Waals surface area contributed by atoms with Gasteiger partial charge in [0.25, 0.3) is 0 Å². The highest BCUT2D eigenvalue weighted by Crippen LogP contribution is 2.00. The number of aryl methyl sites for hydroxylation is 1. The van der Waals surface area contributed by atoms with Crippen molar-refractivity contribution in [1.29, 1.82) is 0 Å². The van der Waals surface area contributed by atoms with Crippen molar-refractivity contribution in [3.63, 3.8) is 0 Å². The van der Waals surface area contributed by atoms with Gasteiger partial charge < -0.3 is 10.4 Å². The molecule has 0 atom stereocenters. The molecule has 1 aromatic heterocycles. The van der Waals surface area contributed by atoms with Crippen molar-refractivity contribution < 1.29 is 5.11 Å². The summed E-state index contributed by atoms with van der Waals surface area (Å²) in [5, 5.41) is 11.6. The molecule has 0 aliphatic heterocycles. The molecule has 0 radical (unpaired) electrons. The van der Waals surface area contributed by atoms with Crippen molar-refractivity contribution in [2.45, 2.75) is 13.3 Å². The van der Waals surface area contributed by atoms with Gasteiger partial charge in [-0.15, -0.1) is 0 Å². The Morgan fingerprint density at radius 3 is 3.08 bits per heavy atom. The van der Waals surface area contributed by atoms with Crippen LogP contribution in [-0.2, 0) is 0 Å². The number of hydrogen-bond acceptors (Lipinski definition) is 4. The summed E-state index contributed by atoms with van der Waals surface area (Å²) >= 11 is 0. The fourth-order valence-corrected chi connectivity index (χ4v) is 0.850. The largest absolute Gasteiger partial charge is 0.396 e. The van der Waals surface area contributed by atoms with Gasteiger partial charge in [-0.3, -0.25) is 0 Å². The Morgan fingerprint density at radius 1 is 1.58 bits per heavy atom. The van der Waals surface area contributed by atoms with E-state index in [1.165, 1.54) is 0 Å². The number of anilines is 1. The van der Waals surface area contributed by atoms with Crippen LogP contribution >= 0.6 is 0 Å². The predicted octanol–water partition coefficient (Wildman–Crippen LogP) is 0.579. The molecule has 4 heteroatoms. The summed E-state index contributed by atoms with van der Waals surface area (Å²) in [6.45, 7) is 2.79. The molecule has 0 spiro atoms. The van der Waals surface area contributed by atoms with E-state index in [1.807, 2.05) is 13.0 Å². The Balaban J connectivity index is 2.41. The number of hydrogen-bond donors (Lipinski definition) is 2. The zero-order valence-corrected chi connectivity index (χ0v) is 7.12. The van der Waals surface area contributed by atoms with Gasteiger partial charge in [0.1, 0.15) is 11.6 Å². The van der Waals surface area contributed by atoms with Crippen LogP contribution in [0.15, 0.2) is 12.3 Å². The second-order valence-electron chi connectivity index (χ2n) is 2.49. The first-order valence-electron chi connectivity index (χ1n) is 3.97. The maximum atomic E-state index is 8.53. The first-order chi connectivity index (χ1) is 5.83. The van der Waals surface area contributed by atoms with Crippen molar-refractivity contribution in [2.75, 3.05) is 18.5 Å². The quantitative estimate of drug-likeness (QED) is 0.644. The summed E-state index contributed by atoms with van der Waals surface area (Å²) in [7, 11) is 0. The molecule has 12 heavy (non-hydrogen) atoms. The second kappa shape index (κ2) is 4.66. The minimum Gasteiger partial charge on any atom is -0.396 e. The molecule has 66 valence electrons. The normalized spacial score (nSPS) is 9.83. The number of aliphatic hydroxyl groups excluding tert-OH is 1. The highest BCUT2D eigenvalue weighted by Gasteiger charge is 1.92. The van der Waals surface area contributed by atoms with E-state index in [0.717, 1.165) is 24.6 Å². The summed E-state index contributed by atoms with van der Waals surface area (Å²) in [4.78, 5) is 8.11. The van der Waals surface area contributed by atoms with E-state index in [0.29, 0.717) is 0 Å². The lowest BCUT2D eigenvalue weighted by molar-refractivity contribution is 0.292. The van der Waals surface area contributed by atoms with Crippen LogP contribution in [-0.4, -0.2) is 28.2 Å². The lowest BCUT2D eigenvalue weighted by Gasteiger charge is -2.03. The number of rotatable bonds is 4. The third-order valence-corrected chi connectivity index (χ3v) is 1.42. The number of aromatic nitrogens is 2. The average Bonchev–Trinajstić information content (AvgIpc) is 2.05. The summed E-state index contributed by atoms with van der Waals surface area (Å²) in [5.74, 6) is 1.57. The smallest absolute Gasteiger partial charge is 0.129 e. The van der Waals surface area contributed by atoms with Gasteiger partial charge in [0.2, 0.25) is 0 Å². The van der Waals surface area contributed by atoms with Crippen LogP contribution in [0.25, 0.3) is 0 Å². The van der Waals surface area contributed by atoms with Crippen LogP contribution in [0.5, 0.6) is 0 Å². The van der Waals surface area contributed by atoms with Crippen LogP contribution in [0.2, 0.25) is 0 Å². The van der Waals surface area contributed by atoms with E-state index >= 15 is 0 Å². The zero-order chi connectivity index (χ0) is 8.81. The molecule has 0 saturated carbocycles. The molecule has 0 unspecified atom stereocenters. The Morgan fingerprint density at radius 2 is 2.42 bits per heavy atom. The molecule has 0 fully saturated rings. The Labute approximate surface area is 71.7 Å². The summed E-state index contributed by atoms with van der Waals surface area (Å²) in [5.41, 5.74) is 0. The molecule has 0 aromatic carbocycles. The van der Waals surface area contributed by atoms with Gasteiger partial charge in [-0.05, 0) is 19.4 Å². The van der Waals surface area contributed by atoms with E-state index < -0.39 is 0 Å². The molecule has 1 rings (SSSR count). The van der Waals surface area contributed by atoms with Gasteiger partial charge >= 0.3 is 0 Å². The van der Waals surface area contributed by atoms with Crippen molar-refractivity contribution in [1.82, 2.24) is 9.97 Å². The first kappa shape index (κ1) is 8.93. The lowest BCUT2D eigenvalue weighted by atomic mass is 10.4. The fourth-order valence-electron chi connectivity index (χ4n) is 0.850. The number of aliphatic hydroxyl groups is 1. The van der Waals surface area contributed by atoms with Crippen molar-refractivity contribution in [3.05, 3.63) is 18.1 Å². The van der Waals surface area contributed by atoms with E-state index in [4.69, 9.17) is 5.11 Å². The Kier molecular flexibility index (Phi) is 3.47. The van der Waals surface area contributed by atoms with Gasteiger partial charge in [0, 0.05) is 19.3 Å². The SMILES string of the molecule is Cc1nccc(NCCCO)n1. The van der Waals surface area contributed by atoms with Gasteiger partial charge in [-0.25, -0.2) is 9.97 Å². The molecular formula is C8H13N3O. The average molecular weight is 167 g/mol. The molecule has 0 saturated heterocycles. The molecule has 1 aromatic rings. The third kappa shape index (κ3) is 2.84. The zero-order valence-electron chi connectivity index (χ0n) is 7.12. The molecule has 4 nitrogen and oxygen atoms in total. The lowest BCUT2D eigenvalue weighted by Crippen LogP contribution is -2.05. The number of nitrogens with one attached hydrogen (secondary N) is 1.